The second kappa shape index (κ2) is 7.80. The lowest BCUT2D eigenvalue weighted by Gasteiger charge is -2.31. The van der Waals surface area contributed by atoms with Gasteiger partial charge in [-0.3, -0.25) is 4.79 Å². The molecule has 26 heavy (non-hydrogen) atoms. The molecule has 0 spiro atoms. The molecule has 144 valence electrons. The van der Waals surface area contributed by atoms with Crippen molar-refractivity contribution in [3.05, 3.63) is 29.8 Å². The number of carbonyl (C=O) groups is 1. The summed E-state index contributed by atoms with van der Waals surface area (Å²) in [5.74, 6) is 0.484. The number of nitrogens with zero attached hydrogens (tertiary/aromatic N) is 1. The van der Waals surface area contributed by atoms with Gasteiger partial charge in [0, 0.05) is 30.8 Å². The maximum absolute atomic E-state index is 11.6. The predicted molar refractivity (Wildman–Crippen MR) is 105 cm³/mol. The number of anilines is 1. The second-order valence-corrected chi connectivity index (χ2v) is 12.2. The Morgan fingerprint density at radius 1 is 1.27 bits per heavy atom. The van der Waals surface area contributed by atoms with Crippen molar-refractivity contribution < 1.29 is 19.4 Å². The highest BCUT2D eigenvalue weighted by molar-refractivity contribution is 6.71. The Hall–Kier alpha value is -1.21. The van der Waals surface area contributed by atoms with E-state index in [-0.39, 0.29) is 30.3 Å². The number of aliphatic hydroxyl groups is 1. The molecule has 6 heteroatoms. The number of aryl methyl sites for hydroxylation is 1. The number of benzene rings is 1. The van der Waals surface area contributed by atoms with Gasteiger partial charge in [-0.15, -0.1) is 0 Å². The molecule has 0 bridgehead atoms. The minimum Gasteiger partial charge on any atom is -0.432 e. The van der Waals surface area contributed by atoms with E-state index in [4.69, 9.17) is 4.74 Å². The van der Waals surface area contributed by atoms with Crippen LogP contribution in [0.1, 0.15) is 31.7 Å². The van der Waals surface area contributed by atoms with Gasteiger partial charge in [-0.25, -0.2) is 0 Å². The first-order valence-electron chi connectivity index (χ1n) is 9.69. The molecule has 2 aliphatic rings. The van der Waals surface area contributed by atoms with E-state index in [0.717, 1.165) is 25.1 Å². The highest BCUT2D eigenvalue weighted by Crippen LogP contribution is 2.45. The third-order valence-corrected chi connectivity index (χ3v) is 8.45. The van der Waals surface area contributed by atoms with Gasteiger partial charge in [-0.2, -0.15) is 0 Å². The number of β-lactam (4-membered cyclic amide) rings is 1. The van der Waals surface area contributed by atoms with Crippen molar-refractivity contribution in [1.82, 2.24) is 0 Å². The summed E-state index contributed by atoms with van der Waals surface area (Å²) in [4.78, 5) is 24.2. The second-order valence-electron chi connectivity index (χ2n) is 8.27. The van der Waals surface area contributed by atoms with E-state index in [2.05, 4.69) is 19.1 Å². The zero-order valence-corrected chi connectivity index (χ0v) is 17.0. The van der Waals surface area contributed by atoms with Gasteiger partial charge < -0.3 is 19.5 Å². The lowest BCUT2D eigenvalue weighted by Crippen LogP contribution is -2.43. The van der Waals surface area contributed by atoms with E-state index in [0.29, 0.717) is 18.8 Å². The van der Waals surface area contributed by atoms with Crippen LogP contribution in [0.2, 0.25) is 18.6 Å². The first-order chi connectivity index (χ1) is 12.3. The van der Waals surface area contributed by atoms with Crippen LogP contribution in [-0.4, -0.2) is 49.5 Å². The summed E-state index contributed by atoms with van der Waals surface area (Å²) in [5, 5.41) is 9.35. The van der Waals surface area contributed by atoms with Crippen molar-refractivity contribution in [2.75, 3.05) is 18.1 Å². The fourth-order valence-corrected chi connectivity index (χ4v) is 7.24. The summed E-state index contributed by atoms with van der Waals surface area (Å²) in [6.45, 7) is 7.02. The van der Waals surface area contributed by atoms with Crippen LogP contribution in [0.4, 0.5) is 5.69 Å². The third-order valence-electron chi connectivity index (χ3n) is 5.92. The summed E-state index contributed by atoms with van der Waals surface area (Å²) >= 11 is 0. The van der Waals surface area contributed by atoms with Gasteiger partial charge in [0.05, 0.1) is 12.2 Å². The van der Waals surface area contributed by atoms with Crippen LogP contribution in [0, 0.1) is 5.92 Å². The Morgan fingerprint density at radius 2 is 2.04 bits per heavy atom. The lowest BCUT2D eigenvalue weighted by atomic mass is 9.95. The molecule has 0 unspecified atom stereocenters. The highest BCUT2D eigenvalue weighted by atomic mass is 28.4. The van der Waals surface area contributed by atoms with Crippen LogP contribution in [0.15, 0.2) is 24.3 Å². The van der Waals surface area contributed by atoms with Gasteiger partial charge in [0.15, 0.2) is 8.32 Å². The van der Waals surface area contributed by atoms with Crippen LogP contribution in [-0.2, 0) is 16.0 Å². The summed E-state index contributed by atoms with van der Waals surface area (Å²) in [6.07, 6.45) is 3.07. The topological polar surface area (TPSA) is 70.0 Å². The monoisotopic (exact) mass is 377 g/mol. The number of carbonyl (C=O) groups excluding carboxylic acids is 1. The van der Waals surface area contributed by atoms with E-state index in [9.17, 15) is 14.7 Å². The average Bonchev–Trinajstić information content (AvgIpc) is 2.88. The molecule has 3 rings (SSSR count). The Kier molecular flexibility index (Phi) is 5.87. The van der Waals surface area contributed by atoms with Crippen molar-refractivity contribution in [3.63, 3.8) is 0 Å². The van der Waals surface area contributed by atoms with Crippen LogP contribution in [0.5, 0.6) is 0 Å². The Balaban J connectivity index is 1.64. The van der Waals surface area contributed by atoms with E-state index in [1.165, 1.54) is 5.56 Å². The van der Waals surface area contributed by atoms with Crippen molar-refractivity contribution in [2.45, 2.75) is 63.5 Å². The fraction of sp³-hybridized carbons (Fsp3) is 0.650. The maximum atomic E-state index is 11.6. The molecule has 1 aromatic rings. The Bertz CT molecular complexity index is 645. The summed E-state index contributed by atoms with van der Waals surface area (Å²) in [6, 6.07) is 8.20. The number of hydrogen-bond donors (Lipinski definition) is 2. The van der Waals surface area contributed by atoms with Crippen molar-refractivity contribution >= 4 is 19.9 Å². The Morgan fingerprint density at radius 3 is 2.62 bits per heavy atom. The maximum Gasteiger partial charge on any atom is 0.228 e. The van der Waals surface area contributed by atoms with Crippen LogP contribution >= 0.6 is 0 Å². The smallest absolute Gasteiger partial charge is 0.228 e. The van der Waals surface area contributed by atoms with Gasteiger partial charge in [0.1, 0.15) is 0 Å². The van der Waals surface area contributed by atoms with Crippen LogP contribution in [0.3, 0.4) is 0 Å². The van der Waals surface area contributed by atoms with Crippen LogP contribution in [0.25, 0.3) is 0 Å². The fourth-order valence-electron chi connectivity index (χ4n) is 4.58. The Labute approximate surface area is 157 Å². The molecule has 2 heterocycles. The molecule has 0 saturated carbocycles. The number of amides is 1. The van der Waals surface area contributed by atoms with Crippen molar-refractivity contribution in [1.29, 1.82) is 0 Å². The van der Waals surface area contributed by atoms with Gasteiger partial charge in [-0.1, -0.05) is 19.1 Å². The van der Waals surface area contributed by atoms with Gasteiger partial charge in [-0.05, 0) is 56.0 Å². The molecule has 5 nitrogen and oxygen atoms in total. The molecule has 1 aromatic carbocycles. The molecule has 0 aromatic heterocycles. The normalized spacial score (nSPS) is 29.1. The number of rotatable bonds is 7. The standard InChI is InChI=1S/C20H31NO4Si/c1-14-17(25-18(10-12-22)20(14)26(2,3)24)8-7-15-5-4-6-16(13-15)21-11-9-19(21)23/h4-6,13-14,17-18,20,22,24H,7-12H2,1-3H3/t14-,17+,18-,20+/m0/s1. The summed E-state index contributed by atoms with van der Waals surface area (Å²) < 4.78 is 6.25. The number of ether oxygens (including phenoxy) is 1. The zero-order chi connectivity index (χ0) is 18.9. The van der Waals surface area contributed by atoms with Gasteiger partial charge >= 0.3 is 0 Å². The largest absolute Gasteiger partial charge is 0.432 e. The van der Waals surface area contributed by atoms with Crippen molar-refractivity contribution in [3.8, 4) is 0 Å². The molecule has 0 radical (unpaired) electrons. The highest BCUT2D eigenvalue weighted by Gasteiger charge is 2.49. The van der Waals surface area contributed by atoms with E-state index in [1.807, 2.05) is 30.1 Å². The van der Waals surface area contributed by atoms with E-state index >= 15 is 0 Å². The summed E-state index contributed by atoms with van der Waals surface area (Å²) in [5.41, 5.74) is 2.35. The molecule has 2 aliphatic heterocycles. The molecular formula is C20H31NO4Si. The number of aliphatic hydroxyl groups excluding tert-OH is 1. The number of hydrogen-bond acceptors (Lipinski definition) is 4. The minimum atomic E-state index is -2.35. The molecule has 2 fully saturated rings. The lowest BCUT2D eigenvalue weighted by molar-refractivity contribution is -0.122. The molecular weight excluding hydrogens is 346 g/mol. The quantitative estimate of drug-likeness (QED) is 0.566. The van der Waals surface area contributed by atoms with Crippen LogP contribution < -0.4 is 4.90 Å². The van der Waals surface area contributed by atoms with Crippen molar-refractivity contribution in [2.24, 2.45) is 5.92 Å². The molecule has 2 N–H and O–H groups in total. The summed E-state index contributed by atoms with van der Waals surface area (Å²) in [7, 11) is -2.35. The van der Waals surface area contributed by atoms with Gasteiger partial charge in [0.25, 0.3) is 0 Å². The minimum absolute atomic E-state index is 0.0447. The predicted octanol–water partition coefficient (Wildman–Crippen LogP) is 2.71. The molecule has 1 amide bonds. The molecule has 0 aliphatic carbocycles. The first kappa shape index (κ1) is 19.5. The molecule has 4 atom stereocenters. The first-order valence-corrected chi connectivity index (χ1v) is 12.7. The molecule has 2 saturated heterocycles. The average molecular weight is 378 g/mol. The third kappa shape index (κ3) is 4.03. The van der Waals surface area contributed by atoms with E-state index in [1.54, 1.807) is 0 Å². The SMILES string of the molecule is C[C@@H]1[C@@H]([Si](C)(C)O)[C@H](CCO)O[C@@H]1CCc1cccc(N2CCC2=O)c1. The van der Waals surface area contributed by atoms with Gasteiger partial charge in [0.2, 0.25) is 5.91 Å². The van der Waals surface area contributed by atoms with E-state index < -0.39 is 8.32 Å². The zero-order valence-electron chi connectivity index (χ0n) is 16.0.